The normalized spacial score (nSPS) is 27.2. The van der Waals surface area contributed by atoms with Crippen LogP contribution in [0.3, 0.4) is 0 Å². The Morgan fingerprint density at radius 3 is 2.61 bits per heavy atom. The van der Waals surface area contributed by atoms with Gasteiger partial charge in [0.15, 0.2) is 17.3 Å². The molecule has 118 valence electrons. The minimum absolute atomic E-state index is 0.113. The van der Waals surface area contributed by atoms with Gasteiger partial charge in [0.25, 0.3) is 0 Å². The second kappa shape index (κ2) is 5.57. The second-order valence-electron chi connectivity index (χ2n) is 6.35. The Hall–Kier alpha value is -2.00. The van der Waals surface area contributed by atoms with Crippen LogP contribution in [-0.4, -0.2) is 17.3 Å². The van der Waals surface area contributed by atoms with Gasteiger partial charge < -0.3 is 0 Å². The van der Waals surface area contributed by atoms with Gasteiger partial charge in [0.05, 0.1) is 5.02 Å². The molecule has 0 spiro atoms. The number of Topliss-reactive ketones (excluding diaryl/α,β-unsaturated/α-hetero) is 2. The Balaban J connectivity index is 2.20. The molecule has 3 nitrogen and oxygen atoms in total. The summed E-state index contributed by atoms with van der Waals surface area (Å²) in [5.41, 5.74) is 0.424. The summed E-state index contributed by atoms with van der Waals surface area (Å²) in [5.74, 6) is -1.38. The highest BCUT2D eigenvalue weighted by Gasteiger charge is 2.56. The number of halogens is 1. The van der Waals surface area contributed by atoms with E-state index in [4.69, 9.17) is 11.6 Å². The largest absolute Gasteiger partial charge is 0.294 e. The van der Waals surface area contributed by atoms with Crippen LogP contribution in [0.25, 0.3) is 0 Å². The molecule has 0 fully saturated rings. The number of hydrogen-bond donors (Lipinski definition) is 0. The summed E-state index contributed by atoms with van der Waals surface area (Å²) in [6, 6.07) is 6.69. The van der Waals surface area contributed by atoms with E-state index < -0.39 is 11.3 Å². The molecule has 0 saturated heterocycles. The molecule has 3 rings (SSSR count). The van der Waals surface area contributed by atoms with Crippen LogP contribution in [0, 0.1) is 11.3 Å². The van der Waals surface area contributed by atoms with Gasteiger partial charge >= 0.3 is 0 Å². The van der Waals surface area contributed by atoms with Gasteiger partial charge in [0.1, 0.15) is 5.41 Å². The number of carbonyl (C=O) groups is 3. The molecule has 0 heterocycles. The first kappa shape index (κ1) is 15.9. The molecule has 2 unspecified atom stereocenters. The molecule has 0 aliphatic heterocycles. The van der Waals surface area contributed by atoms with E-state index in [9.17, 15) is 14.4 Å². The van der Waals surface area contributed by atoms with Gasteiger partial charge in [-0.05, 0) is 50.5 Å². The molecule has 0 aromatic heterocycles. The van der Waals surface area contributed by atoms with Crippen LogP contribution in [0.2, 0.25) is 5.02 Å². The van der Waals surface area contributed by atoms with E-state index >= 15 is 0 Å². The van der Waals surface area contributed by atoms with Crippen LogP contribution < -0.4 is 0 Å². The van der Waals surface area contributed by atoms with Gasteiger partial charge in [-0.3, -0.25) is 14.4 Å². The van der Waals surface area contributed by atoms with Crippen molar-refractivity contribution in [1.82, 2.24) is 0 Å². The van der Waals surface area contributed by atoms with E-state index in [1.807, 2.05) is 13.0 Å². The van der Waals surface area contributed by atoms with Crippen molar-refractivity contribution in [3.63, 3.8) is 0 Å². The van der Waals surface area contributed by atoms with Crippen LogP contribution in [0.5, 0.6) is 0 Å². The fourth-order valence-corrected chi connectivity index (χ4v) is 3.79. The van der Waals surface area contributed by atoms with E-state index in [1.165, 1.54) is 6.08 Å². The lowest BCUT2D eigenvalue weighted by molar-refractivity contribution is -0.134. The molecule has 1 aromatic carbocycles. The zero-order chi connectivity index (χ0) is 16.8. The minimum Gasteiger partial charge on any atom is -0.294 e. The van der Waals surface area contributed by atoms with E-state index in [0.29, 0.717) is 22.6 Å². The summed E-state index contributed by atoms with van der Waals surface area (Å²) in [7, 11) is 0. The Morgan fingerprint density at radius 2 is 1.91 bits per heavy atom. The quantitative estimate of drug-likeness (QED) is 0.469. The fraction of sp³-hybridized carbons (Fsp3) is 0.316. The lowest BCUT2D eigenvalue weighted by Crippen LogP contribution is -2.52. The predicted molar refractivity (Wildman–Crippen MR) is 88.5 cm³/mol. The Morgan fingerprint density at radius 1 is 1.22 bits per heavy atom. The number of ketones is 3. The standard InChI is InChI=1S/C19H17ClO3/c1-11-7-8-19(18(23)13-5-3-4-6-15(13)20)14(9-11)17(22)12(2)10-16(19)21/h3-7,10,14H,8-9H2,1-2H3. The lowest BCUT2D eigenvalue weighted by atomic mass is 9.57. The SMILES string of the molecule is CC1=CCC2(C(=O)c3ccccc3Cl)C(=O)C=C(C)C(=O)C2C1. The topological polar surface area (TPSA) is 51.2 Å². The summed E-state index contributed by atoms with van der Waals surface area (Å²) in [5, 5.41) is 0.309. The van der Waals surface area contributed by atoms with Crippen molar-refractivity contribution in [3.8, 4) is 0 Å². The maximum absolute atomic E-state index is 13.2. The van der Waals surface area contributed by atoms with Gasteiger partial charge in [-0.1, -0.05) is 35.4 Å². The zero-order valence-corrected chi connectivity index (χ0v) is 13.8. The summed E-state index contributed by atoms with van der Waals surface area (Å²) >= 11 is 6.16. The Kier molecular flexibility index (Phi) is 3.85. The van der Waals surface area contributed by atoms with Crippen molar-refractivity contribution >= 4 is 29.0 Å². The molecule has 0 saturated carbocycles. The van der Waals surface area contributed by atoms with Crippen molar-refractivity contribution in [2.75, 3.05) is 0 Å². The van der Waals surface area contributed by atoms with Crippen LogP contribution in [-0.2, 0) is 9.59 Å². The van der Waals surface area contributed by atoms with Crippen LogP contribution >= 0.6 is 11.6 Å². The molecule has 2 aliphatic rings. The van der Waals surface area contributed by atoms with Gasteiger partial charge in [0, 0.05) is 11.5 Å². The third-order valence-electron chi connectivity index (χ3n) is 4.91. The first-order valence-corrected chi connectivity index (χ1v) is 7.97. The molecule has 1 aromatic rings. The maximum Gasteiger partial charge on any atom is 0.179 e. The Bertz CT molecular complexity index is 788. The first-order valence-electron chi connectivity index (χ1n) is 7.60. The van der Waals surface area contributed by atoms with Crippen LogP contribution in [0.4, 0.5) is 0 Å². The van der Waals surface area contributed by atoms with E-state index in [-0.39, 0.29) is 23.8 Å². The lowest BCUT2D eigenvalue weighted by Gasteiger charge is -2.42. The molecule has 4 heteroatoms. The molecule has 0 bridgehead atoms. The van der Waals surface area contributed by atoms with Crippen molar-refractivity contribution in [3.05, 3.63) is 58.1 Å². The zero-order valence-electron chi connectivity index (χ0n) is 13.1. The summed E-state index contributed by atoms with van der Waals surface area (Å²) in [4.78, 5) is 38.7. The average molecular weight is 329 g/mol. The third kappa shape index (κ3) is 2.31. The van der Waals surface area contributed by atoms with Gasteiger partial charge in [-0.15, -0.1) is 0 Å². The number of benzene rings is 1. The van der Waals surface area contributed by atoms with Gasteiger partial charge in [0.2, 0.25) is 0 Å². The van der Waals surface area contributed by atoms with E-state index in [1.54, 1.807) is 31.2 Å². The molecule has 23 heavy (non-hydrogen) atoms. The fourth-order valence-electron chi connectivity index (χ4n) is 3.57. The van der Waals surface area contributed by atoms with E-state index in [0.717, 1.165) is 5.57 Å². The molecular formula is C19H17ClO3. The van der Waals surface area contributed by atoms with Crippen molar-refractivity contribution in [2.45, 2.75) is 26.7 Å². The predicted octanol–water partition coefficient (Wildman–Crippen LogP) is 3.96. The van der Waals surface area contributed by atoms with Gasteiger partial charge in [-0.25, -0.2) is 0 Å². The number of hydrogen-bond acceptors (Lipinski definition) is 3. The highest BCUT2D eigenvalue weighted by atomic mass is 35.5. The summed E-state index contributed by atoms with van der Waals surface area (Å²) < 4.78 is 0. The minimum atomic E-state index is -1.35. The molecule has 0 N–H and O–H groups in total. The number of allylic oxidation sites excluding steroid dienone is 4. The first-order chi connectivity index (χ1) is 10.9. The van der Waals surface area contributed by atoms with Crippen LogP contribution in [0.15, 0.2) is 47.6 Å². The van der Waals surface area contributed by atoms with Crippen molar-refractivity contribution < 1.29 is 14.4 Å². The molecule has 2 aliphatic carbocycles. The highest BCUT2D eigenvalue weighted by Crippen LogP contribution is 2.48. The Labute approximate surface area is 140 Å². The van der Waals surface area contributed by atoms with Crippen LogP contribution in [0.1, 0.15) is 37.0 Å². The third-order valence-corrected chi connectivity index (χ3v) is 5.24. The smallest absolute Gasteiger partial charge is 0.179 e. The summed E-state index contributed by atoms with van der Waals surface area (Å²) in [6.07, 6.45) is 3.90. The number of fused-ring (bicyclic) bond motifs is 1. The highest BCUT2D eigenvalue weighted by molar-refractivity contribution is 6.36. The van der Waals surface area contributed by atoms with E-state index in [2.05, 4.69) is 0 Å². The molecule has 0 amide bonds. The molecule has 0 radical (unpaired) electrons. The molecule has 2 atom stereocenters. The molecular weight excluding hydrogens is 312 g/mol. The monoisotopic (exact) mass is 328 g/mol. The van der Waals surface area contributed by atoms with Gasteiger partial charge in [-0.2, -0.15) is 0 Å². The maximum atomic E-state index is 13.2. The second-order valence-corrected chi connectivity index (χ2v) is 6.75. The number of rotatable bonds is 2. The van der Waals surface area contributed by atoms with Crippen molar-refractivity contribution in [1.29, 1.82) is 0 Å². The number of carbonyl (C=O) groups excluding carboxylic acids is 3. The summed E-state index contributed by atoms with van der Waals surface area (Å²) in [6.45, 7) is 3.56. The van der Waals surface area contributed by atoms with Crippen molar-refractivity contribution in [2.24, 2.45) is 11.3 Å². The average Bonchev–Trinajstić information content (AvgIpc) is 2.53.